The van der Waals surface area contributed by atoms with Gasteiger partial charge < -0.3 is 5.32 Å². The van der Waals surface area contributed by atoms with Crippen LogP contribution >= 0.6 is 46.4 Å². The van der Waals surface area contributed by atoms with Crippen LogP contribution in [0.15, 0.2) is 67.0 Å². The molecule has 200 valence electrons. The summed E-state index contributed by atoms with van der Waals surface area (Å²) >= 11 is 25.3. The first-order valence-electron chi connectivity index (χ1n) is 12.3. The molecular formula is C29H23Cl4FN4O. The van der Waals surface area contributed by atoms with E-state index in [-0.39, 0.29) is 37.5 Å². The predicted molar refractivity (Wildman–Crippen MR) is 156 cm³/mol. The molecule has 1 saturated heterocycles. The van der Waals surface area contributed by atoms with Crippen molar-refractivity contribution in [3.8, 4) is 11.1 Å². The van der Waals surface area contributed by atoms with Gasteiger partial charge in [-0.15, -0.1) is 0 Å². The molecular weight excluding hydrogens is 581 g/mol. The molecule has 1 aliphatic rings. The van der Waals surface area contributed by atoms with Crippen LogP contribution in [0.1, 0.15) is 40.4 Å². The van der Waals surface area contributed by atoms with Gasteiger partial charge in [0.05, 0.1) is 32.0 Å². The lowest BCUT2D eigenvalue weighted by molar-refractivity contribution is 0.102. The molecule has 2 aromatic carbocycles. The molecule has 0 bridgehead atoms. The van der Waals surface area contributed by atoms with Gasteiger partial charge in [-0.3, -0.25) is 14.7 Å². The summed E-state index contributed by atoms with van der Waals surface area (Å²) in [6, 6.07) is 16.3. The number of hydrogen-bond acceptors (Lipinski definition) is 4. The largest absolute Gasteiger partial charge is 0.319 e. The first-order chi connectivity index (χ1) is 18.8. The van der Waals surface area contributed by atoms with E-state index < -0.39 is 5.91 Å². The second kappa shape index (κ2) is 12.2. The van der Waals surface area contributed by atoms with Crippen molar-refractivity contribution in [3.63, 3.8) is 0 Å². The van der Waals surface area contributed by atoms with Gasteiger partial charge in [0.15, 0.2) is 0 Å². The fourth-order valence-corrected chi connectivity index (χ4v) is 5.56. The van der Waals surface area contributed by atoms with Gasteiger partial charge in [0.1, 0.15) is 11.0 Å². The van der Waals surface area contributed by atoms with Crippen molar-refractivity contribution in [3.05, 3.63) is 110 Å². The minimum absolute atomic E-state index is 0.0255. The van der Waals surface area contributed by atoms with Crippen molar-refractivity contribution in [1.82, 2.24) is 14.9 Å². The van der Waals surface area contributed by atoms with Gasteiger partial charge in [-0.2, -0.15) is 0 Å². The molecule has 1 N–H and O–H groups in total. The number of rotatable bonds is 6. The smallest absolute Gasteiger partial charge is 0.257 e. The monoisotopic (exact) mass is 602 g/mol. The Morgan fingerprint density at radius 1 is 0.923 bits per heavy atom. The van der Waals surface area contributed by atoms with E-state index in [2.05, 4.69) is 44.5 Å². The van der Waals surface area contributed by atoms with Crippen LogP contribution in [0.25, 0.3) is 11.1 Å². The number of amides is 1. The Kier molecular flexibility index (Phi) is 8.70. The summed E-state index contributed by atoms with van der Waals surface area (Å²) in [7, 11) is 0. The maximum atomic E-state index is 13.2. The molecule has 1 amide bonds. The zero-order chi connectivity index (χ0) is 27.5. The Balaban J connectivity index is 1.27. The van der Waals surface area contributed by atoms with Crippen LogP contribution in [0.5, 0.6) is 0 Å². The average molecular weight is 604 g/mol. The number of benzene rings is 2. The van der Waals surface area contributed by atoms with E-state index in [1.807, 2.05) is 0 Å². The second-order valence-corrected chi connectivity index (χ2v) is 10.9. The number of piperidine rings is 1. The molecule has 0 aliphatic carbocycles. The molecule has 39 heavy (non-hydrogen) atoms. The molecule has 0 saturated carbocycles. The Morgan fingerprint density at radius 2 is 1.56 bits per heavy atom. The van der Waals surface area contributed by atoms with Crippen molar-refractivity contribution in [1.29, 1.82) is 0 Å². The van der Waals surface area contributed by atoms with E-state index in [9.17, 15) is 9.18 Å². The fourth-order valence-electron chi connectivity index (χ4n) is 4.75. The van der Waals surface area contributed by atoms with Crippen molar-refractivity contribution < 1.29 is 9.18 Å². The third-order valence-corrected chi connectivity index (χ3v) is 8.35. The molecule has 2 aromatic heterocycles. The number of hydrogen-bond donors (Lipinski definition) is 1. The van der Waals surface area contributed by atoms with Crippen LogP contribution in [0.3, 0.4) is 0 Å². The first-order valence-corrected chi connectivity index (χ1v) is 13.8. The number of anilines is 1. The van der Waals surface area contributed by atoms with Gasteiger partial charge in [-0.05, 0) is 60.8 Å². The van der Waals surface area contributed by atoms with E-state index in [1.165, 1.54) is 36.2 Å². The topological polar surface area (TPSA) is 58.1 Å². The molecule has 5 nitrogen and oxygen atoms in total. The molecule has 5 rings (SSSR count). The summed E-state index contributed by atoms with van der Waals surface area (Å²) in [4.78, 5) is 23.8. The number of nitrogens with zero attached hydrogens (tertiary/aromatic N) is 3. The predicted octanol–water partition coefficient (Wildman–Crippen LogP) is 8.53. The van der Waals surface area contributed by atoms with Crippen LogP contribution in [0.2, 0.25) is 20.2 Å². The summed E-state index contributed by atoms with van der Waals surface area (Å²) in [6.45, 7) is 2.46. The maximum absolute atomic E-state index is 13.2. The lowest BCUT2D eigenvalue weighted by Gasteiger charge is -2.32. The molecule has 4 aromatic rings. The molecule has 0 radical (unpaired) electrons. The van der Waals surface area contributed by atoms with Gasteiger partial charge in [0.2, 0.25) is 0 Å². The second-order valence-electron chi connectivity index (χ2n) is 9.35. The summed E-state index contributed by atoms with van der Waals surface area (Å²) in [6.07, 6.45) is 4.49. The molecule has 0 spiro atoms. The number of halogens is 5. The van der Waals surface area contributed by atoms with Gasteiger partial charge >= 0.3 is 0 Å². The number of aromatic nitrogens is 2. The molecule has 0 unspecified atom stereocenters. The number of likely N-dealkylation sites (tertiary alicyclic amines) is 1. The maximum Gasteiger partial charge on any atom is 0.257 e. The highest BCUT2D eigenvalue weighted by atomic mass is 35.5. The first kappa shape index (κ1) is 27.8. The normalized spacial score (nSPS) is 14.4. The summed E-state index contributed by atoms with van der Waals surface area (Å²) < 4.78 is 13.2. The molecule has 1 aliphatic heterocycles. The lowest BCUT2D eigenvalue weighted by Crippen LogP contribution is -2.33. The summed E-state index contributed by atoms with van der Waals surface area (Å²) in [5.41, 5.74) is 4.43. The van der Waals surface area contributed by atoms with Crippen molar-refractivity contribution in [2.45, 2.75) is 25.3 Å². The van der Waals surface area contributed by atoms with Gasteiger partial charge in [-0.25, -0.2) is 9.37 Å². The zero-order valence-electron chi connectivity index (χ0n) is 20.6. The van der Waals surface area contributed by atoms with Crippen molar-refractivity contribution in [2.75, 3.05) is 18.4 Å². The van der Waals surface area contributed by atoms with E-state index in [0.29, 0.717) is 11.4 Å². The van der Waals surface area contributed by atoms with Crippen molar-refractivity contribution >= 4 is 58.0 Å². The van der Waals surface area contributed by atoms with E-state index in [0.717, 1.165) is 43.6 Å². The number of carbonyl (C=O) groups is 1. The zero-order valence-corrected chi connectivity index (χ0v) is 23.6. The summed E-state index contributed by atoms with van der Waals surface area (Å²) in [5.74, 6) is -0.658. The van der Waals surface area contributed by atoms with Crippen molar-refractivity contribution in [2.24, 2.45) is 0 Å². The highest BCUT2D eigenvalue weighted by molar-refractivity contribution is 6.49. The van der Waals surface area contributed by atoms with Crippen LogP contribution in [-0.2, 0) is 6.54 Å². The number of nitrogens with one attached hydrogen (secondary N) is 1. The minimum Gasteiger partial charge on any atom is -0.319 e. The molecule has 0 atom stereocenters. The Hall–Kier alpha value is -2.74. The number of pyridine rings is 2. The highest BCUT2D eigenvalue weighted by Crippen LogP contribution is 2.42. The average Bonchev–Trinajstić information content (AvgIpc) is 2.95. The quantitative estimate of drug-likeness (QED) is 0.224. The van der Waals surface area contributed by atoms with E-state index in [1.54, 1.807) is 12.1 Å². The van der Waals surface area contributed by atoms with Crippen LogP contribution in [-0.4, -0.2) is 33.9 Å². The lowest BCUT2D eigenvalue weighted by atomic mass is 9.91. The molecule has 1 fully saturated rings. The third kappa shape index (κ3) is 6.37. The molecule has 10 heteroatoms. The third-order valence-electron chi connectivity index (χ3n) is 6.84. The Morgan fingerprint density at radius 3 is 2.21 bits per heavy atom. The Labute approximate surface area is 245 Å². The fraction of sp³-hybridized carbons (Fsp3) is 0.207. The minimum atomic E-state index is -0.438. The SMILES string of the molecule is O=C(Nc1c(C2CCN(Cc3ccc(-c4ccc(F)cc4)cc3)CC2)nc(Cl)c(Cl)c1Cl)c1ccncc1Cl. The Bertz CT molecular complexity index is 1490. The highest BCUT2D eigenvalue weighted by Gasteiger charge is 2.28. The van der Waals surface area contributed by atoms with Gasteiger partial charge in [0, 0.05) is 24.9 Å². The van der Waals surface area contributed by atoms with E-state index >= 15 is 0 Å². The summed E-state index contributed by atoms with van der Waals surface area (Å²) in [5, 5.41) is 3.40. The van der Waals surface area contributed by atoms with Crippen LogP contribution in [0.4, 0.5) is 10.1 Å². The standard InChI is InChI=1S/C29H23Cl4FN4O/c30-23-15-35-12-9-22(23)29(39)37-27-24(31)25(32)28(33)36-26(27)20-10-13-38(14-11-20)16-17-1-3-18(4-2-17)19-5-7-21(34)8-6-19/h1-9,12,15,20H,10-11,13-14,16H2,(H,37,39). The van der Waals surface area contributed by atoms with E-state index in [4.69, 9.17) is 46.4 Å². The van der Waals surface area contributed by atoms with Gasteiger partial charge in [-0.1, -0.05) is 82.8 Å². The molecule has 3 heterocycles. The van der Waals surface area contributed by atoms with Crippen LogP contribution < -0.4 is 5.32 Å². The van der Waals surface area contributed by atoms with Gasteiger partial charge in [0.25, 0.3) is 5.91 Å². The van der Waals surface area contributed by atoms with Crippen LogP contribution in [0, 0.1) is 5.82 Å². The number of carbonyl (C=O) groups excluding carboxylic acids is 1.